The maximum atomic E-state index is 6.04. The van der Waals surface area contributed by atoms with E-state index in [2.05, 4.69) is 0 Å². The number of hydrogen-bond donors (Lipinski definition) is 0. The van der Waals surface area contributed by atoms with E-state index in [1.807, 2.05) is 13.8 Å². The van der Waals surface area contributed by atoms with E-state index in [1.165, 1.54) is 0 Å². The van der Waals surface area contributed by atoms with E-state index in [1.54, 1.807) is 0 Å². The average molecular weight is 463 g/mol. The van der Waals surface area contributed by atoms with E-state index in [9.17, 15) is 0 Å². The minimum absolute atomic E-state index is 0.0701. The van der Waals surface area contributed by atoms with Crippen molar-refractivity contribution in [3.63, 3.8) is 0 Å². The molecular formula is C12H19ClHgO4. The van der Waals surface area contributed by atoms with E-state index in [-0.39, 0.29) is 24.6 Å². The molecule has 5 atom stereocenters. The summed E-state index contributed by atoms with van der Waals surface area (Å²) in [4.78, 5) is 0. The molecule has 0 N–H and O–H groups in total. The molecule has 4 nitrogen and oxygen atoms in total. The summed E-state index contributed by atoms with van der Waals surface area (Å²) in [6.07, 6.45) is 3.72. The van der Waals surface area contributed by atoms with Crippen LogP contribution in [0.3, 0.4) is 0 Å². The van der Waals surface area contributed by atoms with Crippen molar-refractivity contribution in [1.29, 1.82) is 0 Å². The molecule has 0 bridgehead atoms. The monoisotopic (exact) mass is 464 g/mol. The molecule has 0 aromatic rings. The summed E-state index contributed by atoms with van der Waals surface area (Å²) in [6.45, 7) is 3.86. The topological polar surface area (TPSA) is 36.9 Å². The van der Waals surface area contributed by atoms with Gasteiger partial charge < -0.3 is 0 Å². The average Bonchev–Trinajstić information content (AvgIpc) is 2.90. The van der Waals surface area contributed by atoms with Crippen LogP contribution in [0.25, 0.3) is 0 Å². The molecular weight excluding hydrogens is 444 g/mol. The van der Waals surface area contributed by atoms with Crippen molar-refractivity contribution < 1.29 is 42.3 Å². The third-order valence-corrected chi connectivity index (χ3v) is 9.16. The molecule has 3 fully saturated rings. The summed E-state index contributed by atoms with van der Waals surface area (Å²) in [5.74, 6) is -0.507. The molecule has 6 heteroatoms. The molecule has 3 aliphatic rings. The van der Waals surface area contributed by atoms with Crippen LogP contribution in [-0.2, 0) is 42.3 Å². The van der Waals surface area contributed by atoms with Crippen LogP contribution in [0.1, 0.15) is 33.1 Å². The predicted octanol–water partition coefficient (Wildman–Crippen LogP) is 2.46. The molecule has 0 unspecified atom stereocenters. The Morgan fingerprint density at radius 2 is 1.94 bits per heavy atom. The SMILES string of the molecule is CC1(C)O[C@H]2O[C@@H]([C@H]3CC[C@H]([CH2][Hg][Cl])O3)C[C@H]2O1. The Morgan fingerprint density at radius 3 is 2.67 bits per heavy atom. The van der Waals surface area contributed by atoms with Crippen molar-refractivity contribution in [2.24, 2.45) is 0 Å². The van der Waals surface area contributed by atoms with Crippen LogP contribution in [0.4, 0.5) is 0 Å². The zero-order valence-electron chi connectivity index (χ0n) is 10.9. The first-order valence-corrected chi connectivity index (χ1v) is 17.5. The van der Waals surface area contributed by atoms with Gasteiger partial charge in [0.2, 0.25) is 0 Å². The van der Waals surface area contributed by atoms with Crippen LogP contribution >= 0.6 is 8.25 Å². The van der Waals surface area contributed by atoms with Crippen molar-refractivity contribution in [3.05, 3.63) is 0 Å². The van der Waals surface area contributed by atoms with Gasteiger partial charge in [0.15, 0.2) is 0 Å². The Morgan fingerprint density at radius 1 is 1.11 bits per heavy atom. The van der Waals surface area contributed by atoms with Crippen molar-refractivity contribution in [1.82, 2.24) is 0 Å². The van der Waals surface area contributed by atoms with Crippen LogP contribution in [-0.4, -0.2) is 36.5 Å². The zero-order chi connectivity index (χ0) is 12.8. The fraction of sp³-hybridized carbons (Fsp3) is 1.00. The molecule has 0 spiro atoms. The van der Waals surface area contributed by atoms with Gasteiger partial charge in [0.05, 0.1) is 0 Å². The van der Waals surface area contributed by atoms with E-state index in [4.69, 9.17) is 27.2 Å². The van der Waals surface area contributed by atoms with Crippen LogP contribution in [0, 0.1) is 0 Å². The molecule has 100 valence electrons. The van der Waals surface area contributed by atoms with Crippen LogP contribution in [0.15, 0.2) is 0 Å². The Balaban J connectivity index is 1.53. The summed E-state index contributed by atoms with van der Waals surface area (Å²) in [5, 5.41) is 0. The summed E-state index contributed by atoms with van der Waals surface area (Å²) < 4.78 is 24.7. The van der Waals surface area contributed by atoms with Gasteiger partial charge in [-0.1, -0.05) is 0 Å². The zero-order valence-corrected chi connectivity index (χ0v) is 17.2. The Kier molecular flexibility index (Phi) is 4.25. The van der Waals surface area contributed by atoms with Crippen LogP contribution in [0.5, 0.6) is 0 Å². The number of fused-ring (bicyclic) bond motifs is 1. The molecule has 18 heavy (non-hydrogen) atoms. The Bertz CT molecular complexity index is 298. The standard InChI is InChI=1S/C12H19O4.ClH.Hg/c1-7-4-5-8(13-7)9-6-10-11(14-9)16-12(2,3)15-10;;/h7-11H,1,4-6H2,2-3H3;1H;/q;;+1/p-1/t7-,8+,9+,10+,11+;;/m0../s1. The van der Waals surface area contributed by atoms with E-state index in [0.29, 0.717) is 6.10 Å². The van der Waals surface area contributed by atoms with Crippen molar-refractivity contribution >= 4 is 8.25 Å². The van der Waals surface area contributed by atoms with E-state index in [0.717, 1.165) is 23.2 Å². The van der Waals surface area contributed by atoms with Gasteiger partial charge in [-0.2, -0.15) is 0 Å². The van der Waals surface area contributed by atoms with Gasteiger partial charge in [-0.05, 0) is 0 Å². The molecule has 3 rings (SSSR count). The van der Waals surface area contributed by atoms with Gasteiger partial charge in [-0.3, -0.25) is 0 Å². The molecule has 0 radical (unpaired) electrons. The first-order valence-electron chi connectivity index (χ1n) is 6.80. The quantitative estimate of drug-likeness (QED) is 0.603. The second-order valence-electron chi connectivity index (χ2n) is 5.80. The molecule has 3 saturated heterocycles. The second-order valence-corrected chi connectivity index (χ2v) is 12.8. The van der Waals surface area contributed by atoms with Crippen molar-refractivity contribution in [2.75, 3.05) is 0 Å². The van der Waals surface area contributed by atoms with Gasteiger partial charge in [0.1, 0.15) is 0 Å². The molecule has 3 aliphatic heterocycles. The first-order chi connectivity index (χ1) is 8.57. The number of rotatable bonds is 3. The van der Waals surface area contributed by atoms with Crippen LogP contribution in [0.2, 0.25) is 3.93 Å². The summed E-state index contributed by atoms with van der Waals surface area (Å²) in [6, 6.07) is 0. The third-order valence-electron chi connectivity index (χ3n) is 3.90. The molecule has 0 aromatic heterocycles. The van der Waals surface area contributed by atoms with E-state index < -0.39 is 29.1 Å². The molecule has 0 aliphatic carbocycles. The molecule has 0 aromatic carbocycles. The van der Waals surface area contributed by atoms with Gasteiger partial charge in [0, 0.05) is 0 Å². The fourth-order valence-electron chi connectivity index (χ4n) is 3.12. The normalized spacial score (nSPS) is 46.1. The molecule has 3 heterocycles. The number of ether oxygens (including phenoxy) is 4. The molecule has 0 saturated carbocycles. The van der Waals surface area contributed by atoms with Crippen molar-refractivity contribution in [2.45, 2.75) is 73.5 Å². The molecule has 0 amide bonds. The van der Waals surface area contributed by atoms with Gasteiger partial charge in [0.25, 0.3) is 0 Å². The second kappa shape index (κ2) is 5.45. The van der Waals surface area contributed by atoms with Gasteiger partial charge >= 0.3 is 124 Å². The maximum absolute atomic E-state index is 6.04. The summed E-state index contributed by atoms with van der Waals surface area (Å²) in [5.41, 5.74) is 0. The summed E-state index contributed by atoms with van der Waals surface area (Å²) in [7, 11) is 5.97. The Hall–Kier alpha value is 1.07. The third kappa shape index (κ3) is 2.89. The number of hydrogen-bond acceptors (Lipinski definition) is 4. The van der Waals surface area contributed by atoms with E-state index >= 15 is 0 Å². The van der Waals surface area contributed by atoms with Crippen molar-refractivity contribution in [3.8, 4) is 0 Å². The minimum atomic E-state index is -1.09. The van der Waals surface area contributed by atoms with Gasteiger partial charge in [-0.25, -0.2) is 0 Å². The Labute approximate surface area is 123 Å². The summed E-state index contributed by atoms with van der Waals surface area (Å²) >= 11 is -1.09. The number of halogens is 1. The fourth-order valence-corrected chi connectivity index (χ4v) is 7.85. The van der Waals surface area contributed by atoms with Gasteiger partial charge in [-0.15, -0.1) is 0 Å². The van der Waals surface area contributed by atoms with Crippen LogP contribution < -0.4 is 0 Å². The first kappa shape index (κ1) is 14.0. The predicted molar refractivity (Wildman–Crippen MR) is 61.9 cm³/mol.